The van der Waals surface area contributed by atoms with Crippen molar-refractivity contribution in [1.29, 1.82) is 0 Å². The van der Waals surface area contributed by atoms with Crippen LogP contribution in [0.4, 0.5) is 18.9 Å². The van der Waals surface area contributed by atoms with Crippen LogP contribution in [0.15, 0.2) is 52.3 Å². The lowest BCUT2D eigenvalue weighted by Gasteiger charge is -2.13. The average molecular weight is 343 g/mol. The number of sulfone groups is 1. The minimum Gasteiger partial charge on any atom is -0.480 e. The van der Waals surface area contributed by atoms with Gasteiger partial charge >= 0.3 is 6.18 Å². The van der Waals surface area contributed by atoms with Gasteiger partial charge in [-0.3, -0.25) is 0 Å². The van der Waals surface area contributed by atoms with Crippen LogP contribution in [0.2, 0.25) is 0 Å². The molecule has 1 unspecified atom stereocenters. The molecular weight excluding hydrogens is 331 g/mol. The molecule has 4 nitrogen and oxygen atoms in total. The molecule has 2 aromatic rings. The molecule has 0 radical (unpaired) electrons. The quantitative estimate of drug-likeness (QED) is 0.851. The molecule has 1 aliphatic heterocycles. The summed E-state index contributed by atoms with van der Waals surface area (Å²) in [6.45, 7) is 0. The minimum absolute atomic E-state index is 0.00498. The zero-order valence-corrected chi connectivity index (χ0v) is 12.5. The van der Waals surface area contributed by atoms with Crippen LogP contribution in [-0.2, 0) is 16.3 Å². The van der Waals surface area contributed by atoms with E-state index in [1.165, 1.54) is 36.4 Å². The number of alkyl halides is 3. The first-order valence-corrected chi connectivity index (χ1v) is 8.14. The fraction of sp³-hybridized carbons (Fsp3) is 0.200. The summed E-state index contributed by atoms with van der Waals surface area (Å²) in [6, 6.07) is 9.85. The standard InChI is InChI=1S/C15H12F3NO3S/c16-15(17,18)14-8-11-12(22-14)6-9(19)7-13(11)23(20,21)10-4-2-1-3-5-10/h1-7,14H,8,19H2. The molecule has 23 heavy (non-hydrogen) atoms. The molecule has 3 rings (SSSR count). The van der Waals surface area contributed by atoms with Gasteiger partial charge in [-0.2, -0.15) is 13.2 Å². The number of hydrogen-bond donors (Lipinski definition) is 1. The Labute approximate surface area is 130 Å². The Kier molecular flexibility index (Phi) is 3.51. The summed E-state index contributed by atoms with van der Waals surface area (Å²) >= 11 is 0. The SMILES string of the molecule is Nc1cc2c(c(S(=O)(=O)c3ccccc3)c1)CC(C(F)(F)F)O2. The van der Waals surface area contributed by atoms with Crippen molar-refractivity contribution in [1.82, 2.24) is 0 Å². The lowest BCUT2D eigenvalue weighted by atomic mass is 10.1. The fourth-order valence-corrected chi connectivity index (χ4v) is 4.04. The number of rotatable bonds is 2. The molecule has 122 valence electrons. The molecule has 1 heterocycles. The fourth-order valence-electron chi connectivity index (χ4n) is 2.48. The average Bonchev–Trinajstić information content (AvgIpc) is 2.91. The molecule has 0 aromatic heterocycles. The largest absolute Gasteiger partial charge is 0.480 e. The van der Waals surface area contributed by atoms with Gasteiger partial charge in [-0.25, -0.2) is 8.42 Å². The Bertz CT molecular complexity index is 848. The normalized spacial score (nSPS) is 17.6. The van der Waals surface area contributed by atoms with Crippen molar-refractivity contribution in [2.45, 2.75) is 28.5 Å². The van der Waals surface area contributed by atoms with Crippen LogP contribution in [-0.4, -0.2) is 20.7 Å². The van der Waals surface area contributed by atoms with Gasteiger partial charge in [0.05, 0.1) is 9.79 Å². The molecule has 0 fully saturated rings. The zero-order chi connectivity index (χ0) is 16.8. The minimum atomic E-state index is -4.58. The van der Waals surface area contributed by atoms with Crippen molar-refractivity contribution in [2.75, 3.05) is 5.73 Å². The summed E-state index contributed by atoms with van der Waals surface area (Å²) in [4.78, 5) is -0.256. The molecule has 1 aliphatic rings. The summed E-state index contributed by atoms with van der Waals surface area (Å²) < 4.78 is 68.9. The van der Waals surface area contributed by atoms with Crippen molar-refractivity contribution in [3.05, 3.63) is 48.0 Å². The predicted octanol–water partition coefficient (Wildman–Crippen LogP) is 2.97. The van der Waals surface area contributed by atoms with Crippen molar-refractivity contribution in [3.63, 3.8) is 0 Å². The highest BCUT2D eigenvalue weighted by Crippen LogP contribution is 2.42. The maximum atomic E-state index is 12.9. The Hall–Kier alpha value is -2.22. The summed E-state index contributed by atoms with van der Waals surface area (Å²) in [6.07, 6.45) is -7.20. The number of ether oxygens (including phenoxy) is 1. The lowest BCUT2D eigenvalue weighted by molar-refractivity contribution is -0.189. The molecule has 0 amide bonds. The Balaban J connectivity index is 2.14. The van der Waals surface area contributed by atoms with Crippen LogP contribution in [0.1, 0.15) is 5.56 Å². The van der Waals surface area contributed by atoms with Crippen molar-refractivity contribution in [3.8, 4) is 5.75 Å². The molecule has 0 spiro atoms. The molecule has 2 N–H and O–H groups in total. The first-order valence-electron chi connectivity index (χ1n) is 6.65. The van der Waals surface area contributed by atoms with Crippen LogP contribution < -0.4 is 10.5 Å². The summed E-state index contributed by atoms with van der Waals surface area (Å²) in [7, 11) is -3.98. The maximum absolute atomic E-state index is 12.9. The van der Waals surface area contributed by atoms with E-state index in [2.05, 4.69) is 0 Å². The van der Waals surface area contributed by atoms with Crippen LogP contribution in [0.5, 0.6) is 5.75 Å². The predicted molar refractivity (Wildman–Crippen MR) is 76.9 cm³/mol. The number of hydrogen-bond acceptors (Lipinski definition) is 4. The molecule has 0 saturated heterocycles. The van der Waals surface area contributed by atoms with Gasteiger partial charge in [0.2, 0.25) is 9.84 Å². The van der Waals surface area contributed by atoms with E-state index >= 15 is 0 Å². The Morgan fingerprint density at radius 2 is 1.78 bits per heavy atom. The number of benzene rings is 2. The van der Waals surface area contributed by atoms with E-state index in [4.69, 9.17) is 10.5 Å². The van der Waals surface area contributed by atoms with E-state index in [0.717, 1.165) is 0 Å². The van der Waals surface area contributed by atoms with E-state index in [9.17, 15) is 21.6 Å². The van der Waals surface area contributed by atoms with Gasteiger partial charge in [0.15, 0.2) is 6.10 Å². The number of nitrogen functional groups attached to an aromatic ring is 1. The molecule has 1 atom stereocenters. The number of fused-ring (bicyclic) bond motifs is 1. The van der Waals surface area contributed by atoms with Crippen molar-refractivity contribution >= 4 is 15.5 Å². The second-order valence-corrected chi connectivity index (χ2v) is 7.08. The first kappa shape index (κ1) is 15.7. The van der Waals surface area contributed by atoms with E-state index in [-0.39, 0.29) is 26.8 Å². The molecule has 0 bridgehead atoms. The monoisotopic (exact) mass is 343 g/mol. The summed E-state index contributed by atoms with van der Waals surface area (Å²) in [5.74, 6) is -0.137. The topological polar surface area (TPSA) is 69.4 Å². The Morgan fingerprint density at radius 1 is 1.13 bits per heavy atom. The smallest absolute Gasteiger partial charge is 0.425 e. The highest BCUT2D eigenvalue weighted by Gasteiger charge is 2.47. The van der Waals surface area contributed by atoms with Gasteiger partial charge in [-0.05, 0) is 18.2 Å². The van der Waals surface area contributed by atoms with Crippen LogP contribution in [0, 0.1) is 0 Å². The van der Waals surface area contributed by atoms with E-state index in [1.807, 2.05) is 0 Å². The van der Waals surface area contributed by atoms with Gasteiger partial charge in [0.1, 0.15) is 5.75 Å². The van der Waals surface area contributed by atoms with Gasteiger partial charge in [0.25, 0.3) is 0 Å². The molecule has 8 heteroatoms. The molecular formula is C15H12F3NO3S. The van der Waals surface area contributed by atoms with Gasteiger partial charge in [0, 0.05) is 23.7 Å². The third kappa shape index (κ3) is 2.74. The Morgan fingerprint density at radius 3 is 2.39 bits per heavy atom. The van der Waals surface area contributed by atoms with Gasteiger partial charge in [-0.1, -0.05) is 18.2 Å². The molecule has 0 saturated carbocycles. The maximum Gasteiger partial charge on any atom is 0.425 e. The summed E-state index contributed by atoms with van der Waals surface area (Å²) in [5, 5.41) is 0. The van der Waals surface area contributed by atoms with Gasteiger partial charge < -0.3 is 10.5 Å². The number of anilines is 1. The zero-order valence-electron chi connectivity index (χ0n) is 11.7. The molecule has 0 aliphatic carbocycles. The third-order valence-corrected chi connectivity index (χ3v) is 5.39. The summed E-state index contributed by atoms with van der Waals surface area (Å²) in [5.41, 5.74) is 5.67. The van der Waals surface area contributed by atoms with E-state index in [0.29, 0.717) is 0 Å². The lowest BCUT2D eigenvalue weighted by Crippen LogP contribution is -2.32. The van der Waals surface area contributed by atoms with Crippen LogP contribution in [0.3, 0.4) is 0 Å². The van der Waals surface area contributed by atoms with Crippen molar-refractivity contribution in [2.24, 2.45) is 0 Å². The second-order valence-electron chi connectivity index (χ2n) is 5.16. The van der Waals surface area contributed by atoms with Crippen molar-refractivity contribution < 1.29 is 26.3 Å². The van der Waals surface area contributed by atoms with Gasteiger partial charge in [-0.15, -0.1) is 0 Å². The first-order chi connectivity index (χ1) is 10.7. The van der Waals surface area contributed by atoms with E-state index in [1.54, 1.807) is 6.07 Å². The van der Waals surface area contributed by atoms with Crippen LogP contribution >= 0.6 is 0 Å². The van der Waals surface area contributed by atoms with E-state index < -0.39 is 28.5 Å². The second kappa shape index (κ2) is 5.16. The highest BCUT2D eigenvalue weighted by atomic mass is 32.2. The van der Waals surface area contributed by atoms with Crippen LogP contribution in [0.25, 0.3) is 0 Å². The number of halogens is 3. The highest BCUT2D eigenvalue weighted by molar-refractivity contribution is 7.91. The number of nitrogens with two attached hydrogens (primary N) is 1. The third-order valence-electron chi connectivity index (χ3n) is 3.56. The molecule has 2 aromatic carbocycles.